The molecule has 0 bridgehead atoms. The fraction of sp³-hybridized carbons (Fsp3) is 0.526. The maximum Gasteiger partial charge on any atom is 0.325 e. The van der Waals surface area contributed by atoms with Crippen LogP contribution in [0.5, 0.6) is 17.2 Å². The predicted octanol–water partition coefficient (Wildman–Crippen LogP) is 0.900. The largest absolute Gasteiger partial charge is 0.493 e. The number of hydrogen-bond donors (Lipinski definition) is 2. The van der Waals surface area contributed by atoms with Gasteiger partial charge in [0.15, 0.2) is 18.1 Å². The van der Waals surface area contributed by atoms with E-state index in [-0.39, 0.29) is 30.7 Å². The molecule has 1 aliphatic rings. The van der Waals surface area contributed by atoms with E-state index in [0.29, 0.717) is 23.2 Å². The summed E-state index contributed by atoms with van der Waals surface area (Å²) in [5.41, 5.74) is 0.221. The number of methoxy groups -OCH3 is 3. The molecule has 9 nitrogen and oxygen atoms in total. The standard InChI is InChI=1S/C19H26N2O7/c1-11(12-5-6-12)21-16(22)10-28-17(23)9-20-19(24)13-7-14(25-2)18(27-4)15(8-13)26-3/h7-8,11-12H,5-6,9-10H2,1-4H3,(H,20,24)(H,21,22). The van der Waals surface area contributed by atoms with Crippen molar-refractivity contribution >= 4 is 17.8 Å². The molecule has 0 heterocycles. The zero-order valence-corrected chi connectivity index (χ0v) is 16.5. The molecule has 0 radical (unpaired) electrons. The molecule has 0 aliphatic heterocycles. The molecule has 1 aliphatic carbocycles. The minimum absolute atomic E-state index is 0.0749. The lowest BCUT2D eigenvalue weighted by atomic mass is 10.1. The smallest absolute Gasteiger partial charge is 0.325 e. The minimum Gasteiger partial charge on any atom is -0.493 e. The van der Waals surface area contributed by atoms with Gasteiger partial charge in [-0.1, -0.05) is 0 Å². The van der Waals surface area contributed by atoms with Crippen LogP contribution in [0.4, 0.5) is 0 Å². The van der Waals surface area contributed by atoms with Crippen molar-refractivity contribution in [2.24, 2.45) is 5.92 Å². The zero-order valence-electron chi connectivity index (χ0n) is 16.5. The Labute approximate surface area is 163 Å². The zero-order chi connectivity index (χ0) is 20.7. The molecule has 0 aromatic heterocycles. The number of rotatable bonds is 10. The Bertz CT molecular complexity index is 706. The molecule has 1 atom stereocenters. The number of carbonyl (C=O) groups excluding carboxylic acids is 3. The Kier molecular flexibility index (Phi) is 7.48. The number of ether oxygens (including phenoxy) is 4. The van der Waals surface area contributed by atoms with Gasteiger partial charge in [-0.15, -0.1) is 0 Å². The molecule has 1 saturated carbocycles. The van der Waals surface area contributed by atoms with Crippen LogP contribution in [0.2, 0.25) is 0 Å². The Balaban J connectivity index is 1.83. The molecule has 2 rings (SSSR count). The highest BCUT2D eigenvalue weighted by molar-refractivity contribution is 5.97. The highest BCUT2D eigenvalue weighted by atomic mass is 16.5. The maximum atomic E-state index is 12.3. The van der Waals surface area contributed by atoms with Gasteiger partial charge in [0.1, 0.15) is 6.54 Å². The summed E-state index contributed by atoms with van der Waals surface area (Å²) in [6, 6.07) is 3.01. The van der Waals surface area contributed by atoms with E-state index < -0.39 is 11.9 Å². The molecule has 2 amide bonds. The van der Waals surface area contributed by atoms with Crippen LogP contribution in [0.15, 0.2) is 12.1 Å². The molecule has 1 fully saturated rings. The van der Waals surface area contributed by atoms with Gasteiger partial charge in [0.05, 0.1) is 21.3 Å². The molecule has 0 saturated heterocycles. The van der Waals surface area contributed by atoms with Crippen molar-refractivity contribution in [3.8, 4) is 17.2 Å². The Hall–Kier alpha value is -2.97. The van der Waals surface area contributed by atoms with Gasteiger partial charge in [-0.3, -0.25) is 14.4 Å². The van der Waals surface area contributed by atoms with E-state index in [4.69, 9.17) is 18.9 Å². The second kappa shape index (κ2) is 9.82. The van der Waals surface area contributed by atoms with Crippen LogP contribution in [0.3, 0.4) is 0 Å². The highest BCUT2D eigenvalue weighted by Gasteiger charge is 2.29. The molecule has 2 N–H and O–H groups in total. The number of carbonyl (C=O) groups is 3. The number of nitrogens with one attached hydrogen (secondary N) is 2. The Morgan fingerprint density at radius 2 is 1.68 bits per heavy atom. The third-order valence-corrected chi connectivity index (χ3v) is 4.40. The van der Waals surface area contributed by atoms with Gasteiger partial charge in [0, 0.05) is 11.6 Å². The van der Waals surface area contributed by atoms with E-state index in [9.17, 15) is 14.4 Å². The number of hydrogen-bond acceptors (Lipinski definition) is 7. The van der Waals surface area contributed by atoms with Gasteiger partial charge < -0.3 is 29.6 Å². The first-order valence-corrected chi connectivity index (χ1v) is 8.92. The molecule has 1 aromatic carbocycles. The van der Waals surface area contributed by atoms with Crippen LogP contribution in [0.1, 0.15) is 30.1 Å². The first-order valence-electron chi connectivity index (χ1n) is 8.92. The van der Waals surface area contributed by atoms with Crippen molar-refractivity contribution < 1.29 is 33.3 Å². The topological polar surface area (TPSA) is 112 Å². The number of amides is 2. The molecule has 28 heavy (non-hydrogen) atoms. The highest BCUT2D eigenvalue weighted by Crippen LogP contribution is 2.38. The summed E-state index contributed by atoms with van der Waals surface area (Å²) in [6.45, 7) is 1.17. The van der Waals surface area contributed by atoms with Crippen LogP contribution >= 0.6 is 0 Å². The average Bonchev–Trinajstić information content (AvgIpc) is 3.54. The van der Waals surface area contributed by atoms with Crippen LogP contribution in [-0.4, -0.2) is 58.3 Å². The SMILES string of the molecule is COc1cc(C(=O)NCC(=O)OCC(=O)NC(C)C2CC2)cc(OC)c1OC. The van der Waals surface area contributed by atoms with Gasteiger partial charge in [-0.05, 0) is 37.8 Å². The minimum atomic E-state index is -0.713. The predicted molar refractivity (Wildman–Crippen MR) is 99.7 cm³/mol. The van der Waals surface area contributed by atoms with E-state index >= 15 is 0 Å². The van der Waals surface area contributed by atoms with E-state index in [1.54, 1.807) is 0 Å². The third kappa shape index (κ3) is 5.77. The second-order valence-corrected chi connectivity index (χ2v) is 6.45. The second-order valence-electron chi connectivity index (χ2n) is 6.45. The summed E-state index contributed by atoms with van der Waals surface area (Å²) in [7, 11) is 4.33. The van der Waals surface area contributed by atoms with Crippen molar-refractivity contribution in [3.63, 3.8) is 0 Å². The van der Waals surface area contributed by atoms with Gasteiger partial charge in [-0.25, -0.2) is 0 Å². The van der Waals surface area contributed by atoms with E-state index in [2.05, 4.69) is 10.6 Å². The van der Waals surface area contributed by atoms with Gasteiger partial charge in [-0.2, -0.15) is 0 Å². The Morgan fingerprint density at radius 1 is 1.07 bits per heavy atom. The van der Waals surface area contributed by atoms with Crippen molar-refractivity contribution in [2.45, 2.75) is 25.8 Å². The molecular weight excluding hydrogens is 368 g/mol. The molecule has 1 aromatic rings. The van der Waals surface area contributed by atoms with Crippen molar-refractivity contribution in [1.82, 2.24) is 10.6 Å². The Morgan fingerprint density at radius 3 is 2.18 bits per heavy atom. The first kappa shape index (κ1) is 21.3. The van der Waals surface area contributed by atoms with Crippen LogP contribution in [0, 0.1) is 5.92 Å². The summed E-state index contributed by atoms with van der Waals surface area (Å²) in [5.74, 6) is -0.0985. The summed E-state index contributed by atoms with van der Waals surface area (Å²) in [5, 5.41) is 5.22. The quantitative estimate of drug-likeness (QED) is 0.567. The van der Waals surface area contributed by atoms with E-state index in [1.807, 2.05) is 6.92 Å². The van der Waals surface area contributed by atoms with Crippen molar-refractivity contribution in [1.29, 1.82) is 0 Å². The normalized spacial score (nSPS) is 13.9. The summed E-state index contributed by atoms with van der Waals surface area (Å²) in [4.78, 5) is 35.8. The van der Waals surface area contributed by atoms with Gasteiger partial charge >= 0.3 is 5.97 Å². The fourth-order valence-electron chi connectivity index (χ4n) is 2.67. The van der Waals surface area contributed by atoms with Crippen LogP contribution in [-0.2, 0) is 14.3 Å². The summed E-state index contributed by atoms with van der Waals surface area (Å²) >= 11 is 0. The lowest BCUT2D eigenvalue weighted by Crippen LogP contribution is -2.38. The molecule has 0 spiro atoms. The molecule has 1 unspecified atom stereocenters. The molecular formula is C19H26N2O7. The average molecular weight is 394 g/mol. The molecule has 9 heteroatoms. The van der Waals surface area contributed by atoms with Crippen LogP contribution in [0.25, 0.3) is 0 Å². The van der Waals surface area contributed by atoms with Crippen LogP contribution < -0.4 is 24.8 Å². The number of benzene rings is 1. The van der Waals surface area contributed by atoms with Crippen molar-refractivity contribution in [3.05, 3.63) is 17.7 Å². The van der Waals surface area contributed by atoms with E-state index in [0.717, 1.165) is 12.8 Å². The first-order chi connectivity index (χ1) is 13.4. The molecule has 154 valence electrons. The lowest BCUT2D eigenvalue weighted by molar-refractivity contribution is -0.147. The third-order valence-electron chi connectivity index (χ3n) is 4.40. The lowest BCUT2D eigenvalue weighted by Gasteiger charge is -2.14. The fourth-order valence-corrected chi connectivity index (χ4v) is 2.67. The maximum absolute atomic E-state index is 12.3. The number of esters is 1. The summed E-state index contributed by atoms with van der Waals surface area (Å²) in [6.07, 6.45) is 2.21. The monoisotopic (exact) mass is 394 g/mol. The van der Waals surface area contributed by atoms with Gasteiger partial charge in [0.2, 0.25) is 5.75 Å². The van der Waals surface area contributed by atoms with Crippen molar-refractivity contribution in [2.75, 3.05) is 34.5 Å². The van der Waals surface area contributed by atoms with E-state index in [1.165, 1.54) is 33.5 Å². The van der Waals surface area contributed by atoms with Gasteiger partial charge in [0.25, 0.3) is 11.8 Å². The summed E-state index contributed by atoms with van der Waals surface area (Å²) < 4.78 is 20.5.